The van der Waals surface area contributed by atoms with Gasteiger partial charge in [-0.05, 0) is 37.3 Å². The summed E-state index contributed by atoms with van der Waals surface area (Å²) < 4.78 is 7.49. The van der Waals surface area contributed by atoms with E-state index in [0.29, 0.717) is 17.6 Å². The monoisotopic (exact) mass is 402 g/mol. The fraction of sp³-hybridized carbons (Fsp3) is 0.571. The highest BCUT2D eigenvalue weighted by Gasteiger charge is 2.28. The number of nitrogens with zero attached hydrogens (tertiary/aromatic N) is 3. The van der Waals surface area contributed by atoms with Gasteiger partial charge in [0.05, 0.1) is 18.4 Å². The number of ether oxygens (including phenoxy) is 1. The molecule has 0 saturated heterocycles. The van der Waals surface area contributed by atoms with E-state index < -0.39 is 0 Å². The molecule has 0 spiro atoms. The van der Waals surface area contributed by atoms with Gasteiger partial charge in [0.2, 0.25) is 5.91 Å². The van der Waals surface area contributed by atoms with Gasteiger partial charge in [-0.25, -0.2) is 0 Å². The summed E-state index contributed by atoms with van der Waals surface area (Å²) in [6, 6.07) is 8.06. The highest BCUT2D eigenvalue weighted by molar-refractivity contribution is 7.99. The minimum absolute atomic E-state index is 0.0699. The molecule has 1 aromatic heterocycles. The first kappa shape index (κ1) is 20.7. The molecule has 0 unspecified atom stereocenters. The molecule has 1 amide bonds. The summed E-state index contributed by atoms with van der Waals surface area (Å²) in [6.07, 6.45) is 3.52. The molecule has 1 heterocycles. The Morgan fingerprint density at radius 1 is 1.29 bits per heavy atom. The summed E-state index contributed by atoms with van der Waals surface area (Å²) in [7, 11) is 1.65. The molecule has 1 aliphatic rings. The SMILES string of the molecule is CCn1c(SCC(=O)N[C@@H]2CCC[C@@H](C)[C@H]2C)nnc1-c1ccccc1OC. The molecule has 3 atom stereocenters. The first-order valence-corrected chi connectivity index (χ1v) is 11.0. The molecule has 3 rings (SSSR count). The van der Waals surface area contributed by atoms with Gasteiger partial charge in [0.15, 0.2) is 11.0 Å². The zero-order valence-electron chi connectivity index (χ0n) is 17.1. The van der Waals surface area contributed by atoms with E-state index in [1.807, 2.05) is 28.8 Å². The van der Waals surface area contributed by atoms with Crippen molar-refractivity contribution in [2.45, 2.75) is 57.8 Å². The van der Waals surface area contributed by atoms with Crippen molar-refractivity contribution in [3.05, 3.63) is 24.3 Å². The van der Waals surface area contributed by atoms with Crippen LogP contribution in [0.4, 0.5) is 0 Å². The second-order valence-corrected chi connectivity index (χ2v) is 8.42. The summed E-state index contributed by atoms with van der Waals surface area (Å²) >= 11 is 1.44. The van der Waals surface area contributed by atoms with Crippen LogP contribution >= 0.6 is 11.8 Å². The normalized spacial score (nSPS) is 22.1. The average molecular weight is 403 g/mol. The first-order valence-electron chi connectivity index (χ1n) is 10.0. The summed E-state index contributed by atoms with van der Waals surface area (Å²) in [5.74, 6) is 3.14. The number of amides is 1. The number of hydrogen-bond acceptors (Lipinski definition) is 5. The maximum absolute atomic E-state index is 12.5. The Labute approximate surface area is 171 Å². The van der Waals surface area contributed by atoms with E-state index in [1.165, 1.54) is 24.6 Å². The van der Waals surface area contributed by atoms with E-state index >= 15 is 0 Å². The summed E-state index contributed by atoms with van der Waals surface area (Å²) in [6.45, 7) is 7.30. The lowest BCUT2D eigenvalue weighted by molar-refractivity contribution is -0.120. The van der Waals surface area contributed by atoms with Gasteiger partial charge in [-0.15, -0.1) is 10.2 Å². The lowest BCUT2D eigenvalue weighted by Crippen LogP contribution is -2.44. The maximum atomic E-state index is 12.5. The lowest BCUT2D eigenvalue weighted by atomic mass is 9.78. The minimum Gasteiger partial charge on any atom is -0.496 e. The number of methoxy groups -OCH3 is 1. The zero-order chi connectivity index (χ0) is 20.1. The van der Waals surface area contributed by atoms with Crippen LogP contribution in [0.2, 0.25) is 0 Å². The van der Waals surface area contributed by atoms with Crippen LogP contribution < -0.4 is 10.1 Å². The number of hydrogen-bond donors (Lipinski definition) is 1. The summed E-state index contributed by atoms with van der Waals surface area (Å²) in [5, 5.41) is 12.7. The number of carbonyl (C=O) groups is 1. The van der Waals surface area contributed by atoms with E-state index in [2.05, 4.69) is 36.3 Å². The third kappa shape index (κ3) is 4.51. The molecule has 1 saturated carbocycles. The predicted molar refractivity (Wildman–Crippen MR) is 113 cm³/mol. The molecule has 1 fully saturated rings. The van der Waals surface area contributed by atoms with Crippen molar-refractivity contribution in [3.63, 3.8) is 0 Å². The molecule has 0 bridgehead atoms. The Balaban J connectivity index is 1.66. The van der Waals surface area contributed by atoms with Gasteiger partial charge in [-0.3, -0.25) is 4.79 Å². The molecule has 28 heavy (non-hydrogen) atoms. The van der Waals surface area contributed by atoms with E-state index in [-0.39, 0.29) is 11.9 Å². The fourth-order valence-electron chi connectivity index (χ4n) is 3.87. The van der Waals surface area contributed by atoms with E-state index in [1.54, 1.807) is 7.11 Å². The van der Waals surface area contributed by atoms with Gasteiger partial charge in [0.25, 0.3) is 0 Å². The van der Waals surface area contributed by atoms with E-state index in [0.717, 1.165) is 35.3 Å². The minimum atomic E-state index is 0.0699. The number of rotatable bonds is 7. The number of para-hydroxylation sites is 1. The molecular weight excluding hydrogens is 372 g/mol. The number of carbonyl (C=O) groups excluding carboxylic acids is 1. The van der Waals surface area contributed by atoms with Crippen LogP contribution in [0.1, 0.15) is 40.0 Å². The molecule has 1 N–H and O–H groups in total. The Kier molecular flexibility index (Phi) is 6.99. The van der Waals surface area contributed by atoms with Crippen molar-refractivity contribution in [3.8, 4) is 17.1 Å². The van der Waals surface area contributed by atoms with Gasteiger partial charge in [-0.2, -0.15) is 0 Å². The standard InChI is InChI=1S/C21H30N4O2S/c1-5-25-20(16-10-6-7-12-18(16)27-4)23-24-21(25)28-13-19(26)22-17-11-8-9-14(2)15(17)3/h6-7,10,12,14-15,17H,5,8-9,11,13H2,1-4H3,(H,22,26)/t14-,15-,17-/m1/s1. The van der Waals surface area contributed by atoms with Crippen LogP contribution in [0, 0.1) is 11.8 Å². The molecular formula is C21H30N4O2S. The van der Waals surface area contributed by atoms with E-state index in [4.69, 9.17) is 4.74 Å². The highest BCUT2D eigenvalue weighted by atomic mass is 32.2. The third-order valence-corrected chi connectivity index (χ3v) is 6.73. The summed E-state index contributed by atoms with van der Waals surface area (Å²) in [5.41, 5.74) is 0.903. The Morgan fingerprint density at radius 3 is 2.82 bits per heavy atom. The quantitative estimate of drug-likeness (QED) is 0.709. The second-order valence-electron chi connectivity index (χ2n) is 7.48. The van der Waals surface area contributed by atoms with Crippen molar-refractivity contribution in [1.29, 1.82) is 0 Å². The maximum Gasteiger partial charge on any atom is 0.230 e. The van der Waals surface area contributed by atoms with Gasteiger partial charge >= 0.3 is 0 Å². The van der Waals surface area contributed by atoms with E-state index in [9.17, 15) is 4.79 Å². The van der Waals surface area contributed by atoms with Crippen LogP contribution in [0.25, 0.3) is 11.4 Å². The second kappa shape index (κ2) is 9.45. The number of nitrogens with one attached hydrogen (secondary N) is 1. The summed E-state index contributed by atoms with van der Waals surface area (Å²) in [4.78, 5) is 12.5. The van der Waals surface area contributed by atoms with Gasteiger partial charge in [-0.1, -0.05) is 50.6 Å². The van der Waals surface area contributed by atoms with Crippen molar-refractivity contribution in [2.24, 2.45) is 11.8 Å². The molecule has 7 heteroatoms. The van der Waals surface area contributed by atoms with Crippen LogP contribution in [0.3, 0.4) is 0 Å². The van der Waals surface area contributed by atoms with Crippen molar-refractivity contribution >= 4 is 17.7 Å². The zero-order valence-corrected chi connectivity index (χ0v) is 18.0. The average Bonchev–Trinajstić information content (AvgIpc) is 3.12. The fourth-order valence-corrected chi connectivity index (χ4v) is 4.69. The van der Waals surface area contributed by atoms with Gasteiger partial charge in [0, 0.05) is 12.6 Å². The highest BCUT2D eigenvalue weighted by Crippen LogP contribution is 2.31. The first-order chi connectivity index (χ1) is 13.5. The molecule has 0 radical (unpaired) electrons. The van der Waals surface area contributed by atoms with Crippen LogP contribution in [0.5, 0.6) is 5.75 Å². The van der Waals surface area contributed by atoms with Crippen molar-refractivity contribution in [1.82, 2.24) is 20.1 Å². The molecule has 2 aromatic rings. The van der Waals surface area contributed by atoms with Crippen molar-refractivity contribution in [2.75, 3.05) is 12.9 Å². The van der Waals surface area contributed by atoms with Gasteiger partial charge in [0.1, 0.15) is 5.75 Å². The smallest absolute Gasteiger partial charge is 0.230 e. The Morgan fingerprint density at radius 2 is 2.07 bits per heavy atom. The molecule has 1 aromatic carbocycles. The molecule has 152 valence electrons. The molecule has 1 aliphatic carbocycles. The number of aromatic nitrogens is 3. The molecule has 0 aliphatic heterocycles. The lowest BCUT2D eigenvalue weighted by Gasteiger charge is -2.34. The largest absolute Gasteiger partial charge is 0.496 e. The Hall–Kier alpha value is -2.02. The van der Waals surface area contributed by atoms with Gasteiger partial charge < -0.3 is 14.6 Å². The van der Waals surface area contributed by atoms with Crippen LogP contribution in [-0.4, -0.2) is 39.6 Å². The predicted octanol–water partition coefficient (Wildman–Crippen LogP) is 4.01. The number of thioether (sulfide) groups is 1. The van der Waals surface area contributed by atoms with Crippen molar-refractivity contribution < 1.29 is 9.53 Å². The third-order valence-electron chi connectivity index (χ3n) is 5.77. The topological polar surface area (TPSA) is 69.0 Å². The number of benzene rings is 1. The Bertz CT molecular complexity index is 807. The van der Waals surface area contributed by atoms with Crippen LogP contribution in [-0.2, 0) is 11.3 Å². The molecule has 6 nitrogen and oxygen atoms in total. The van der Waals surface area contributed by atoms with Crippen LogP contribution in [0.15, 0.2) is 29.4 Å².